The lowest BCUT2D eigenvalue weighted by Crippen LogP contribution is -2.37. The maximum atomic E-state index is 13.3. The second kappa shape index (κ2) is 6.74. The lowest BCUT2D eigenvalue weighted by atomic mass is 10.0. The fraction of sp³-hybridized carbons (Fsp3) is 0.217. The summed E-state index contributed by atoms with van der Waals surface area (Å²) in [6.45, 7) is 1.00. The summed E-state index contributed by atoms with van der Waals surface area (Å²) in [4.78, 5) is 26.0. The minimum Gasteiger partial charge on any atom is -0.508 e. The van der Waals surface area contributed by atoms with Gasteiger partial charge in [0.05, 0.1) is 28.9 Å². The van der Waals surface area contributed by atoms with Crippen LogP contribution in [0.1, 0.15) is 17.4 Å². The van der Waals surface area contributed by atoms with Crippen molar-refractivity contribution in [2.45, 2.75) is 12.6 Å². The van der Waals surface area contributed by atoms with E-state index in [9.17, 15) is 14.7 Å². The number of phenols is 1. The molecule has 1 aliphatic rings. The Kier molecular flexibility index (Phi) is 4.15. The molecule has 0 bridgehead atoms. The van der Waals surface area contributed by atoms with Gasteiger partial charge in [0.2, 0.25) is 0 Å². The van der Waals surface area contributed by atoms with E-state index in [0.29, 0.717) is 24.1 Å². The SMILES string of the molecule is Cn1c(=O)c2c(-c3ccccc3)n3c(c2n(C)c1=O)[C@@H](c1cccc(O)c1)OCC3. The molecule has 0 fully saturated rings. The molecule has 0 unspecified atom stereocenters. The summed E-state index contributed by atoms with van der Waals surface area (Å²) in [6.07, 6.45) is -0.511. The van der Waals surface area contributed by atoms with E-state index in [1.54, 1.807) is 25.2 Å². The first-order chi connectivity index (χ1) is 14.5. The summed E-state index contributed by atoms with van der Waals surface area (Å²) in [5, 5.41) is 10.5. The van der Waals surface area contributed by atoms with Crippen LogP contribution in [0, 0.1) is 0 Å². The van der Waals surface area contributed by atoms with E-state index in [0.717, 1.165) is 27.1 Å². The van der Waals surface area contributed by atoms with E-state index in [4.69, 9.17) is 4.74 Å². The summed E-state index contributed by atoms with van der Waals surface area (Å²) >= 11 is 0. The van der Waals surface area contributed by atoms with E-state index < -0.39 is 6.10 Å². The summed E-state index contributed by atoms with van der Waals surface area (Å²) in [7, 11) is 3.17. The Morgan fingerprint density at radius 2 is 1.77 bits per heavy atom. The topological polar surface area (TPSA) is 78.4 Å². The Labute approximate surface area is 172 Å². The zero-order chi connectivity index (χ0) is 21.0. The maximum Gasteiger partial charge on any atom is 0.331 e. The first-order valence-electron chi connectivity index (χ1n) is 9.77. The molecule has 0 saturated carbocycles. The molecule has 5 rings (SSSR count). The predicted molar refractivity (Wildman–Crippen MR) is 114 cm³/mol. The third-order valence-corrected chi connectivity index (χ3v) is 5.77. The standard InChI is InChI=1S/C23H21N3O4/c1-24-19-17(22(28)25(2)23(24)29)18(14-7-4-3-5-8-14)26-11-12-30-21(20(19)26)15-9-6-10-16(27)13-15/h3-10,13,21,27H,11-12H2,1-2H3/t21-/m1/s1. The zero-order valence-corrected chi connectivity index (χ0v) is 16.7. The minimum absolute atomic E-state index is 0.136. The van der Waals surface area contributed by atoms with Gasteiger partial charge in [-0.15, -0.1) is 0 Å². The number of ether oxygens (including phenoxy) is 1. The normalized spacial score (nSPS) is 16.0. The van der Waals surface area contributed by atoms with Crippen molar-refractivity contribution in [2.24, 2.45) is 14.1 Å². The number of aromatic nitrogens is 3. The van der Waals surface area contributed by atoms with Crippen molar-refractivity contribution in [2.75, 3.05) is 6.61 Å². The molecule has 0 spiro atoms. The molecule has 3 heterocycles. The van der Waals surface area contributed by atoms with Crippen LogP contribution in [-0.4, -0.2) is 25.4 Å². The molecule has 30 heavy (non-hydrogen) atoms. The van der Waals surface area contributed by atoms with Crippen molar-refractivity contribution in [3.05, 3.63) is 86.7 Å². The van der Waals surface area contributed by atoms with Crippen LogP contribution in [0.25, 0.3) is 22.2 Å². The summed E-state index contributed by atoms with van der Waals surface area (Å²) in [6, 6.07) is 16.6. The molecule has 7 nitrogen and oxygen atoms in total. The molecule has 0 aliphatic carbocycles. The molecule has 4 aromatic rings. The van der Waals surface area contributed by atoms with Gasteiger partial charge in [-0.3, -0.25) is 13.9 Å². The molecular weight excluding hydrogens is 382 g/mol. The Morgan fingerprint density at radius 1 is 1.00 bits per heavy atom. The highest BCUT2D eigenvalue weighted by Crippen LogP contribution is 2.40. The summed E-state index contributed by atoms with van der Waals surface area (Å²) in [5.74, 6) is 0.136. The highest BCUT2D eigenvalue weighted by Gasteiger charge is 2.33. The number of hydrogen-bond donors (Lipinski definition) is 1. The quantitative estimate of drug-likeness (QED) is 0.558. The number of benzene rings is 2. The number of nitrogens with zero attached hydrogens (tertiary/aromatic N) is 3. The third kappa shape index (κ3) is 2.55. The molecule has 152 valence electrons. The van der Waals surface area contributed by atoms with Gasteiger partial charge >= 0.3 is 5.69 Å². The van der Waals surface area contributed by atoms with E-state index >= 15 is 0 Å². The van der Waals surface area contributed by atoms with Crippen molar-refractivity contribution in [3.63, 3.8) is 0 Å². The van der Waals surface area contributed by atoms with Gasteiger partial charge < -0.3 is 14.4 Å². The zero-order valence-electron chi connectivity index (χ0n) is 16.7. The van der Waals surface area contributed by atoms with Gasteiger partial charge in [0.25, 0.3) is 5.56 Å². The highest BCUT2D eigenvalue weighted by atomic mass is 16.5. The third-order valence-electron chi connectivity index (χ3n) is 5.77. The largest absolute Gasteiger partial charge is 0.508 e. The number of hydrogen-bond acceptors (Lipinski definition) is 4. The van der Waals surface area contributed by atoms with E-state index in [2.05, 4.69) is 4.57 Å². The minimum atomic E-state index is -0.511. The molecular formula is C23H21N3O4. The van der Waals surface area contributed by atoms with Crippen molar-refractivity contribution >= 4 is 10.9 Å². The first kappa shape index (κ1) is 18.4. The fourth-order valence-electron chi connectivity index (χ4n) is 4.42. The van der Waals surface area contributed by atoms with Crippen LogP contribution >= 0.6 is 0 Å². The second-order valence-corrected chi connectivity index (χ2v) is 7.53. The van der Waals surface area contributed by atoms with E-state index in [1.807, 2.05) is 36.4 Å². The van der Waals surface area contributed by atoms with Crippen molar-refractivity contribution in [1.82, 2.24) is 13.7 Å². The monoisotopic (exact) mass is 403 g/mol. The van der Waals surface area contributed by atoms with Crippen LogP contribution < -0.4 is 11.2 Å². The van der Waals surface area contributed by atoms with Gasteiger partial charge in [-0.05, 0) is 23.3 Å². The maximum absolute atomic E-state index is 13.3. The number of aromatic hydroxyl groups is 1. The molecule has 1 atom stereocenters. The van der Waals surface area contributed by atoms with Crippen LogP contribution in [0.3, 0.4) is 0 Å². The molecule has 1 N–H and O–H groups in total. The number of aryl methyl sites for hydroxylation is 1. The Balaban J connectivity index is 1.96. The Bertz CT molecular complexity index is 1400. The summed E-state index contributed by atoms with van der Waals surface area (Å²) < 4.78 is 10.9. The molecule has 0 amide bonds. The average Bonchev–Trinajstić information content (AvgIpc) is 3.12. The summed E-state index contributed by atoms with van der Waals surface area (Å²) in [5.41, 5.74) is 3.05. The predicted octanol–water partition coefficient (Wildman–Crippen LogP) is 2.53. The first-order valence-corrected chi connectivity index (χ1v) is 9.77. The van der Waals surface area contributed by atoms with Crippen LogP contribution in [0.5, 0.6) is 5.75 Å². The number of phenolic OH excluding ortho intramolecular Hbond substituents is 1. The molecule has 1 aliphatic heterocycles. The Hall–Kier alpha value is -3.58. The fourth-order valence-corrected chi connectivity index (χ4v) is 4.42. The molecule has 0 radical (unpaired) electrons. The molecule has 2 aromatic carbocycles. The van der Waals surface area contributed by atoms with E-state index in [-0.39, 0.29) is 17.0 Å². The second-order valence-electron chi connectivity index (χ2n) is 7.53. The van der Waals surface area contributed by atoms with Crippen molar-refractivity contribution < 1.29 is 9.84 Å². The molecule has 2 aromatic heterocycles. The van der Waals surface area contributed by atoms with Gasteiger partial charge in [-0.1, -0.05) is 42.5 Å². The van der Waals surface area contributed by atoms with Gasteiger partial charge in [-0.25, -0.2) is 4.79 Å². The van der Waals surface area contributed by atoms with Crippen molar-refractivity contribution in [1.29, 1.82) is 0 Å². The molecule has 7 heteroatoms. The average molecular weight is 403 g/mol. The van der Waals surface area contributed by atoms with E-state index in [1.165, 1.54) is 11.6 Å². The van der Waals surface area contributed by atoms with Gasteiger partial charge in [0, 0.05) is 20.6 Å². The Morgan fingerprint density at radius 3 is 2.50 bits per heavy atom. The number of fused-ring (bicyclic) bond motifs is 3. The van der Waals surface area contributed by atoms with Gasteiger partial charge in [0.1, 0.15) is 11.9 Å². The van der Waals surface area contributed by atoms with Gasteiger partial charge in [-0.2, -0.15) is 0 Å². The molecule has 0 saturated heterocycles. The van der Waals surface area contributed by atoms with Crippen LogP contribution in [0.2, 0.25) is 0 Å². The smallest absolute Gasteiger partial charge is 0.331 e. The van der Waals surface area contributed by atoms with Crippen LogP contribution in [0.15, 0.2) is 64.2 Å². The van der Waals surface area contributed by atoms with Crippen LogP contribution in [-0.2, 0) is 25.4 Å². The van der Waals surface area contributed by atoms with Gasteiger partial charge in [0.15, 0.2) is 0 Å². The highest BCUT2D eigenvalue weighted by molar-refractivity contribution is 5.96. The lowest BCUT2D eigenvalue weighted by Gasteiger charge is -2.27. The lowest BCUT2D eigenvalue weighted by molar-refractivity contribution is 0.0477. The van der Waals surface area contributed by atoms with Crippen molar-refractivity contribution in [3.8, 4) is 17.0 Å². The van der Waals surface area contributed by atoms with Crippen LogP contribution in [0.4, 0.5) is 0 Å². The number of rotatable bonds is 2.